The van der Waals surface area contributed by atoms with Crippen molar-refractivity contribution >= 4 is 22.8 Å². The van der Waals surface area contributed by atoms with Gasteiger partial charge in [0, 0.05) is 10.4 Å². The van der Waals surface area contributed by atoms with Crippen LogP contribution in [-0.4, -0.2) is 34.3 Å². The second kappa shape index (κ2) is 10.4. The largest absolute Gasteiger partial charge is 2.00 e. The van der Waals surface area contributed by atoms with Gasteiger partial charge >= 0.3 is 17.1 Å². The molecule has 0 fully saturated rings. The van der Waals surface area contributed by atoms with Gasteiger partial charge in [0.15, 0.2) is 11.5 Å². The van der Waals surface area contributed by atoms with Gasteiger partial charge in [0.1, 0.15) is 0 Å². The van der Waals surface area contributed by atoms with Crippen LogP contribution in [0.3, 0.4) is 0 Å². The van der Waals surface area contributed by atoms with E-state index < -0.39 is 10.4 Å². The third kappa shape index (κ3) is 13.5. The third-order valence-electron chi connectivity index (χ3n) is 1.47. The van der Waals surface area contributed by atoms with Crippen LogP contribution in [0.15, 0.2) is 18.2 Å². The van der Waals surface area contributed by atoms with Crippen LogP contribution in [0.2, 0.25) is 0 Å². The SMILES string of the molecule is Cl.NCCc1ccc(O)c(O)c1.O=S(=O)([O-])[O-].[Cu+2]. The molecule has 0 spiro atoms. The fourth-order valence-corrected chi connectivity index (χ4v) is 0.891. The molecule has 1 rings (SSSR count). The molecule has 0 aliphatic rings. The number of phenolic OH excluding ortho intramolecular Hbond substituents is 2. The summed E-state index contributed by atoms with van der Waals surface area (Å²) in [5.41, 5.74) is 6.24. The molecular formula is C8H12ClCuNO6S. The Bertz CT molecular complexity index is 433. The van der Waals surface area contributed by atoms with Crippen molar-refractivity contribution in [1.29, 1.82) is 0 Å². The Labute approximate surface area is 121 Å². The van der Waals surface area contributed by atoms with E-state index in [4.69, 9.17) is 33.5 Å². The normalized spacial score (nSPS) is 9.28. The fourth-order valence-electron chi connectivity index (χ4n) is 0.891. The summed E-state index contributed by atoms with van der Waals surface area (Å²) in [4.78, 5) is 0. The molecule has 0 aliphatic heterocycles. The molecule has 10 heteroatoms. The Morgan fingerprint density at radius 1 is 1.17 bits per heavy atom. The molecule has 0 saturated heterocycles. The number of nitrogens with two attached hydrogens (primary N) is 1. The van der Waals surface area contributed by atoms with E-state index in [1.54, 1.807) is 6.07 Å². The van der Waals surface area contributed by atoms with Gasteiger partial charge in [-0.05, 0) is 30.7 Å². The van der Waals surface area contributed by atoms with Gasteiger partial charge in [-0.1, -0.05) is 6.07 Å². The average Bonchev–Trinajstić information content (AvgIpc) is 2.09. The van der Waals surface area contributed by atoms with Crippen LogP contribution >= 0.6 is 12.4 Å². The minimum atomic E-state index is -5.17. The topological polar surface area (TPSA) is 147 Å². The first-order valence-electron chi connectivity index (χ1n) is 4.11. The maximum atomic E-state index is 9.04. The van der Waals surface area contributed by atoms with Crippen molar-refractivity contribution in [3.05, 3.63) is 23.8 Å². The summed E-state index contributed by atoms with van der Waals surface area (Å²) in [6.07, 6.45) is 0.716. The van der Waals surface area contributed by atoms with Crippen LogP contribution in [0, 0.1) is 0 Å². The minimum absolute atomic E-state index is 0. The van der Waals surface area contributed by atoms with E-state index in [0.29, 0.717) is 13.0 Å². The van der Waals surface area contributed by atoms with Crippen LogP contribution in [0.5, 0.6) is 11.5 Å². The summed E-state index contributed by atoms with van der Waals surface area (Å²) in [5.74, 6) is -0.179. The average molecular weight is 349 g/mol. The Hall–Kier alpha value is -0.541. The van der Waals surface area contributed by atoms with Crippen LogP contribution in [0.1, 0.15) is 5.56 Å². The molecule has 0 atom stereocenters. The van der Waals surface area contributed by atoms with Crippen molar-refractivity contribution in [1.82, 2.24) is 0 Å². The van der Waals surface area contributed by atoms with Crippen molar-refractivity contribution in [2.75, 3.05) is 6.54 Å². The molecule has 1 radical (unpaired) electrons. The smallest absolute Gasteiger partial charge is 0.759 e. The molecule has 0 unspecified atom stereocenters. The van der Waals surface area contributed by atoms with Gasteiger partial charge in [-0.15, -0.1) is 12.4 Å². The van der Waals surface area contributed by atoms with Gasteiger partial charge in [0.2, 0.25) is 0 Å². The first kappa shape index (κ1) is 22.6. The molecule has 0 amide bonds. The molecule has 0 heterocycles. The predicted octanol–water partition coefficient (Wildman–Crippen LogP) is -0.320. The van der Waals surface area contributed by atoms with E-state index in [-0.39, 0.29) is 41.0 Å². The molecule has 0 aliphatic carbocycles. The van der Waals surface area contributed by atoms with E-state index in [1.165, 1.54) is 12.1 Å². The number of phenols is 2. The Balaban J connectivity index is -0.000000282. The zero-order valence-corrected chi connectivity index (χ0v) is 11.4. The summed E-state index contributed by atoms with van der Waals surface area (Å²) in [7, 11) is -5.17. The first-order chi connectivity index (χ1) is 7.24. The van der Waals surface area contributed by atoms with E-state index >= 15 is 0 Å². The summed E-state index contributed by atoms with van der Waals surface area (Å²) in [6.45, 7) is 0.546. The molecule has 4 N–H and O–H groups in total. The summed E-state index contributed by atoms with van der Waals surface area (Å²) < 4.78 is 34.1. The molecule has 1 aromatic rings. The van der Waals surface area contributed by atoms with E-state index in [2.05, 4.69) is 0 Å². The van der Waals surface area contributed by atoms with Gasteiger partial charge in [-0.25, -0.2) is 0 Å². The number of rotatable bonds is 2. The fraction of sp³-hybridized carbons (Fsp3) is 0.250. The molecule has 7 nitrogen and oxygen atoms in total. The number of hydrogen-bond acceptors (Lipinski definition) is 7. The first-order valence-corrected chi connectivity index (χ1v) is 5.45. The maximum Gasteiger partial charge on any atom is 2.00 e. The van der Waals surface area contributed by atoms with Gasteiger partial charge in [-0.3, -0.25) is 8.42 Å². The van der Waals surface area contributed by atoms with Gasteiger partial charge in [0.05, 0.1) is 0 Å². The van der Waals surface area contributed by atoms with Gasteiger partial charge in [0.25, 0.3) is 0 Å². The maximum absolute atomic E-state index is 9.04. The van der Waals surface area contributed by atoms with Crippen molar-refractivity contribution < 1.29 is 44.8 Å². The number of hydrogen-bond donors (Lipinski definition) is 3. The second-order valence-corrected chi connectivity index (χ2v) is 3.59. The molecule has 1 aromatic carbocycles. The molecule has 0 aromatic heterocycles. The molecule has 109 valence electrons. The second-order valence-electron chi connectivity index (χ2n) is 2.77. The molecule has 0 saturated carbocycles. The Morgan fingerprint density at radius 3 is 1.94 bits per heavy atom. The van der Waals surface area contributed by atoms with Crippen molar-refractivity contribution in [3.63, 3.8) is 0 Å². The molecule has 0 bridgehead atoms. The zero-order valence-electron chi connectivity index (χ0n) is 8.87. The Kier molecular flexibility index (Phi) is 13.1. The van der Waals surface area contributed by atoms with Crippen LogP contribution in [-0.2, 0) is 33.9 Å². The van der Waals surface area contributed by atoms with E-state index in [0.717, 1.165) is 5.56 Å². The third-order valence-corrected chi connectivity index (χ3v) is 1.47. The van der Waals surface area contributed by atoms with Gasteiger partial charge in [-0.2, -0.15) is 0 Å². The summed E-state index contributed by atoms with van der Waals surface area (Å²) >= 11 is 0. The molecular weight excluding hydrogens is 337 g/mol. The predicted molar refractivity (Wildman–Crippen MR) is 60.3 cm³/mol. The van der Waals surface area contributed by atoms with Crippen LogP contribution < -0.4 is 5.73 Å². The van der Waals surface area contributed by atoms with Gasteiger partial charge < -0.3 is 25.1 Å². The minimum Gasteiger partial charge on any atom is -0.759 e. The van der Waals surface area contributed by atoms with Crippen LogP contribution in [0.25, 0.3) is 0 Å². The standard InChI is InChI=1S/C8H11NO2.ClH.Cu.H2O4S/c9-4-3-6-1-2-7(10)8(11)5-6;;;1-5(2,3)4/h1-2,5,10-11H,3-4,9H2;1H;;(H2,1,2,3,4)/q;;+2;/p-2. The van der Waals surface area contributed by atoms with Crippen molar-refractivity contribution in [3.8, 4) is 11.5 Å². The van der Waals surface area contributed by atoms with E-state index in [1.807, 2.05) is 0 Å². The van der Waals surface area contributed by atoms with Crippen molar-refractivity contribution in [2.24, 2.45) is 5.73 Å². The van der Waals surface area contributed by atoms with E-state index in [9.17, 15) is 0 Å². The van der Waals surface area contributed by atoms with Crippen LogP contribution in [0.4, 0.5) is 0 Å². The molecule has 18 heavy (non-hydrogen) atoms. The van der Waals surface area contributed by atoms with Crippen molar-refractivity contribution in [2.45, 2.75) is 6.42 Å². The monoisotopic (exact) mass is 348 g/mol. The number of halogens is 1. The zero-order chi connectivity index (χ0) is 12.8. The quantitative estimate of drug-likeness (QED) is 0.287. The summed E-state index contributed by atoms with van der Waals surface area (Å²) in [5, 5.41) is 18.0. The summed E-state index contributed by atoms with van der Waals surface area (Å²) in [6, 6.07) is 4.71. The number of benzene rings is 1. The number of aromatic hydroxyl groups is 2. The Morgan fingerprint density at radius 2 is 1.61 bits per heavy atom.